The van der Waals surface area contributed by atoms with Crippen LogP contribution in [0.5, 0.6) is 5.75 Å². The second-order valence-corrected chi connectivity index (χ2v) is 8.44. The molecule has 2 amide bonds. The lowest BCUT2D eigenvalue weighted by Gasteiger charge is -2.28. The summed E-state index contributed by atoms with van der Waals surface area (Å²) in [5, 5.41) is 0.405. The summed E-state index contributed by atoms with van der Waals surface area (Å²) in [6, 6.07) is 13.1. The lowest BCUT2D eigenvalue weighted by atomic mass is 9.85. The largest absolute Gasteiger partial charge is 0.495 e. The van der Waals surface area contributed by atoms with Crippen molar-refractivity contribution in [2.75, 3.05) is 18.6 Å². The minimum atomic E-state index is -0.695. The van der Waals surface area contributed by atoms with Crippen LogP contribution < -0.4 is 9.64 Å². The Balaban J connectivity index is 1.58. The minimum Gasteiger partial charge on any atom is -0.495 e. The molecule has 0 aliphatic carbocycles. The second-order valence-electron chi connectivity index (χ2n) is 8.00. The van der Waals surface area contributed by atoms with E-state index in [4.69, 9.17) is 16.3 Å². The van der Waals surface area contributed by atoms with Gasteiger partial charge < -0.3 is 4.74 Å². The number of hydrogen-bond acceptors (Lipinski definition) is 5. The summed E-state index contributed by atoms with van der Waals surface area (Å²) in [5.41, 5.74) is 0.901. The number of halogens is 1. The number of benzene rings is 2. The maximum Gasteiger partial charge on any atom is 0.239 e. The highest BCUT2D eigenvalue weighted by molar-refractivity contribution is 6.32. The Labute approximate surface area is 179 Å². The van der Waals surface area contributed by atoms with Gasteiger partial charge in [-0.3, -0.25) is 19.3 Å². The van der Waals surface area contributed by atoms with Crippen LogP contribution in [-0.4, -0.2) is 48.2 Å². The number of fused-ring (bicyclic) bond motifs is 3. The number of anilines is 1. The number of nitrogens with zero attached hydrogens (tertiary/aromatic N) is 2. The van der Waals surface area contributed by atoms with Gasteiger partial charge in [-0.05, 0) is 37.6 Å². The summed E-state index contributed by atoms with van der Waals surface area (Å²) in [5.74, 6) is -1.55. The molecule has 3 fully saturated rings. The van der Waals surface area contributed by atoms with Crippen molar-refractivity contribution in [2.45, 2.75) is 24.9 Å². The van der Waals surface area contributed by atoms with Crippen molar-refractivity contribution in [2.24, 2.45) is 11.8 Å². The van der Waals surface area contributed by atoms with Gasteiger partial charge in [-0.2, -0.15) is 0 Å². The molecule has 2 aromatic rings. The fraction of sp³-hybridized carbons (Fsp3) is 0.348. The normalized spacial score (nSPS) is 28.0. The second kappa shape index (κ2) is 7.22. The third kappa shape index (κ3) is 2.71. The van der Waals surface area contributed by atoms with E-state index < -0.39 is 17.9 Å². The highest BCUT2D eigenvalue weighted by Gasteiger charge is 2.65. The Bertz CT molecular complexity index is 1040. The van der Waals surface area contributed by atoms with Crippen molar-refractivity contribution in [3.8, 4) is 5.75 Å². The molecule has 0 unspecified atom stereocenters. The summed E-state index contributed by atoms with van der Waals surface area (Å²) >= 11 is 6.15. The first-order valence-electron chi connectivity index (χ1n) is 10.1. The quantitative estimate of drug-likeness (QED) is 0.557. The van der Waals surface area contributed by atoms with Crippen molar-refractivity contribution in [1.29, 1.82) is 0 Å². The van der Waals surface area contributed by atoms with Crippen LogP contribution in [0.25, 0.3) is 0 Å². The first kappa shape index (κ1) is 19.3. The average molecular weight is 425 g/mol. The Kier molecular flexibility index (Phi) is 4.64. The van der Waals surface area contributed by atoms with Crippen molar-refractivity contribution in [3.63, 3.8) is 0 Å². The topological polar surface area (TPSA) is 66.9 Å². The molecule has 0 saturated carbocycles. The molecule has 3 heterocycles. The molecular formula is C23H21ClN2O4. The summed E-state index contributed by atoms with van der Waals surface area (Å²) < 4.78 is 5.38. The Morgan fingerprint density at radius 1 is 1.07 bits per heavy atom. The first-order chi connectivity index (χ1) is 14.5. The molecule has 0 N–H and O–H groups in total. The van der Waals surface area contributed by atoms with Crippen LogP contribution in [0.3, 0.4) is 0 Å². The van der Waals surface area contributed by atoms with Gasteiger partial charge >= 0.3 is 0 Å². The van der Waals surface area contributed by atoms with Gasteiger partial charge in [-0.1, -0.05) is 41.9 Å². The highest BCUT2D eigenvalue weighted by atomic mass is 35.5. The van der Waals surface area contributed by atoms with E-state index in [1.54, 1.807) is 30.3 Å². The zero-order valence-corrected chi connectivity index (χ0v) is 17.2. The molecule has 30 heavy (non-hydrogen) atoms. The number of imide groups is 1. The van der Waals surface area contributed by atoms with E-state index in [0.29, 0.717) is 22.0 Å². The fourth-order valence-corrected chi connectivity index (χ4v) is 5.53. The number of amides is 2. The molecule has 3 aliphatic rings. The van der Waals surface area contributed by atoms with E-state index in [-0.39, 0.29) is 23.6 Å². The zero-order valence-electron chi connectivity index (χ0n) is 16.5. The van der Waals surface area contributed by atoms with Crippen molar-refractivity contribution < 1.29 is 19.1 Å². The third-order valence-corrected chi connectivity index (χ3v) is 6.80. The van der Waals surface area contributed by atoms with E-state index in [1.807, 2.05) is 18.2 Å². The Morgan fingerprint density at radius 3 is 2.53 bits per heavy atom. The van der Waals surface area contributed by atoms with E-state index in [9.17, 15) is 14.4 Å². The monoisotopic (exact) mass is 424 g/mol. The van der Waals surface area contributed by atoms with Crippen LogP contribution in [0, 0.1) is 11.8 Å². The number of carbonyl (C=O) groups excluding carboxylic acids is 3. The van der Waals surface area contributed by atoms with Crippen LogP contribution in [0.15, 0.2) is 48.5 Å². The van der Waals surface area contributed by atoms with Crippen molar-refractivity contribution in [3.05, 3.63) is 59.1 Å². The maximum atomic E-state index is 13.6. The molecular weight excluding hydrogens is 404 g/mol. The van der Waals surface area contributed by atoms with Crippen LogP contribution in [0.1, 0.15) is 23.2 Å². The highest BCUT2D eigenvalue weighted by Crippen LogP contribution is 2.49. The van der Waals surface area contributed by atoms with Gasteiger partial charge in [-0.25, -0.2) is 4.90 Å². The number of Topliss-reactive ketones (excluding diaryl/α,β-unsaturated/α-hetero) is 1. The molecule has 2 aromatic carbocycles. The standard InChI is InChI=1S/C23H21ClN2O4/c1-30-17-10-9-14(24)12-16(17)26-22(28)18-15-8-5-11-25(15)20(19(18)23(26)29)21(27)13-6-3-2-4-7-13/h2-4,6-7,9-10,12,15,18-20H,5,8,11H2,1H3/t15-,18-,19-,20-/m0/s1. The van der Waals surface area contributed by atoms with Crippen molar-refractivity contribution in [1.82, 2.24) is 4.90 Å². The maximum absolute atomic E-state index is 13.6. The number of methoxy groups -OCH3 is 1. The molecule has 154 valence electrons. The Hall–Kier alpha value is -2.70. The molecule has 4 atom stereocenters. The van der Waals surface area contributed by atoms with Gasteiger partial charge in [0.05, 0.1) is 30.7 Å². The van der Waals surface area contributed by atoms with Crippen LogP contribution in [0.4, 0.5) is 5.69 Å². The van der Waals surface area contributed by atoms with Gasteiger partial charge in [0.1, 0.15) is 5.75 Å². The van der Waals surface area contributed by atoms with Crippen molar-refractivity contribution >= 4 is 34.9 Å². The molecule has 7 heteroatoms. The summed E-state index contributed by atoms with van der Waals surface area (Å²) in [6.07, 6.45) is 1.72. The molecule has 3 aliphatic heterocycles. The molecule has 5 rings (SSSR count). The molecule has 0 spiro atoms. The molecule has 3 saturated heterocycles. The fourth-order valence-electron chi connectivity index (χ4n) is 5.36. The van der Waals surface area contributed by atoms with E-state index in [2.05, 4.69) is 4.90 Å². The lowest BCUT2D eigenvalue weighted by molar-refractivity contribution is -0.123. The van der Waals surface area contributed by atoms with Gasteiger partial charge in [0.25, 0.3) is 0 Å². The summed E-state index contributed by atoms with van der Waals surface area (Å²) in [7, 11) is 1.49. The average Bonchev–Trinajstić information content (AvgIpc) is 3.40. The number of hydrogen-bond donors (Lipinski definition) is 0. The summed E-state index contributed by atoms with van der Waals surface area (Å²) in [4.78, 5) is 43.8. The van der Waals surface area contributed by atoms with Gasteiger partial charge in [0, 0.05) is 16.6 Å². The first-order valence-corrected chi connectivity index (χ1v) is 10.5. The summed E-state index contributed by atoms with van der Waals surface area (Å²) in [6.45, 7) is 0.724. The van der Waals surface area contributed by atoms with Gasteiger partial charge in [-0.15, -0.1) is 0 Å². The Morgan fingerprint density at radius 2 is 1.80 bits per heavy atom. The minimum absolute atomic E-state index is 0.0979. The molecule has 0 bridgehead atoms. The third-order valence-electron chi connectivity index (χ3n) is 6.56. The van der Waals surface area contributed by atoms with Gasteiger partial charge in [0.2, 0.25) is 11.8 Å². The molecule has 0 aromatic heterocycles. The predicted octanol–water partition coefficient (Wildman–Crippen LogP) is 3.18. The van der Waals surface area contributed by atoms with E-state index >= 15 is 0 Å². The van der Waals surface area contributed by atoms with Crippen LogP contribution in [-0.2, 0) is 9.59 Å². The predicted molar refractivity (Wildman–Crippen MR) is 112 cm³/mol. The van der Waals surface area contributed by atoms with E-state index in [0.717, 1.165) is 19.4 Å². The zero-order chi connectivity index (χ0) is 21.0. The SMILES string of the molecule is COc1ccc(Cl)cc1N1C(=O)[C@@H]2[C@H](C1=O)[C@@H](C(=O)c1ccccc1)N1CCC[C@@H]21. The lowest BCUT2D eigenvalue weighted by Crippen LogP contribution is -2.46. The van der Waals surface area contributed by atoms with Crippen LogP contribution in [0.2, 0.25) is 5.02 Å². The number of ketones is 1. The van der Waals surface area contributed by atoms with Gasteiger partial charge in [0.15, 0.2) is 5.78 Å². The number of ether oxygens (including phenoxy) is 1. The van der Waals surface area contributed by atoms with E-state index in [1.165, 1.54) is 12.0 Å². The smallest absolute Gasteiger partial charge is 0.239 e. The number of rotatable bonds is 4. The molecule has 0 radical (unpaired) electrons. The van der Waals surface area contributed by atoms with Crippen LogP contribution >= 0.6 is 11.6 Å². The molecule has 6 nitrogen and oxygen atoms in total. The number of carbonyl (C=O) groups is 3.